The van der Waals surface area contributed by atoms with E-state index >= 15 is 0 Å². The number of piperazine rings is 1. The lowest BCUT2D eigenvalue weighted by Gasteiger charge is -2.37. The molecule has 7 nitrogen and oxygen atoms in total. The Morgan fingerprint density at radius 1 is 1.47 bits per heavy atom. The Balaban J connectivity index is 2.75. The minimum absolute atomic E-state index is 0.0289. The Morgan fingerprint density at radius 2 is 2.06 bits per heavy atom. The average Bonchev–Trinajstić information content (AvgIpc) is 2.26. The Hall–Kier alpha value is -1.79. The van der Waals surface area contributed by atoms with Crippen molar-refractivity contribution in [2.24, 2.45) is 0 Å². The molecule has 0 unspecified atom stereocenters. The van der Waals surface area contributed by atoms with Gasteiger partial charge in [-0.3, -0.25) is 4.79 Å². The molecule has 0 atom stereocenters. The number of carboxylic acids is 1. The molecule has 0 aliphatic carbocycles. The SMILES string of the molecule is CN(C(=O)N1CCNC(=O)C1)C(C)(C)C(=O)O. The number of hydrogen-bond donors (Lipinski definition) is 2. The fourth-order valence-corrected chi connectivity index (χ4v) is 1.40. The van der Waals surface area contributed by atoms with Crippen LogP contribution in [0.4, 0.5) is 4.79 Å². The van der Waals surface area contributed by atoms with Gasteiger partial charge in [0.15, 0.2) is 0 Å². The predicted octanol–water partition coefficient (Wildman–Crippen LogP) is -0.667. The van der Waals surface area contributed by atoms with E-state index < -0.39 is 17.5 Å². The lowest BCUT2D eigenvalue weighted by Crippen LogP contribution is -2.59. The zero-order valence-electron chi connectivity index (χ0n) is 10.2. The number of carbonyl (C=O) groups excluding carboxylic acids is 2. The highest BCUT2D eigenvalue weighted by Gasteiger charge is 2.37. The largest absolute Gasteiger partial charge is 0.480 e. The number of urea groups is 1. The summed E-state index contributed by atoms with van der Waals surface area (Å²) in [6.45, 7) is 3.64. The minimum Gasteiger partial charge on any atom is -0.480 e. The van der Waals surface area contributed by atoms with E-state index in [-0.39, 0.29) is 12.5 Å². The lowest BCUT2D eigenvalue weighted by atomic mass is 10.0. The first-order valence-electron chi connectivity index (χ1n) is 5.29. The van der Waals surface area contributed by atoms with Gasteiger partial charge in [-0.25, -0.2) is 9.59 Å². The topological polar surface area (TPSA) is 90.0 Å². The lowest BCUT2D eigenvalue weighted by molar-refractivity contribution is -0.147. The van der Waals surface area contributed by atoms with Gasteiger partial charge < -0.3 is 20.2 Å². The van der Waals surface area contributed by atoms with Gasteiger partial charge in [0, 0.05) is 20.1 Å². The molecule has 7 heteroatoms. The second kappa shape index (κ2) is 4.60. The molecule has 0 aromatic heterocycles. The van der Waals surface area contributed by atoms with Gasteiger partial charge in [-0.2, -0.15) is 0 Å². The zero-order chi connectivity index (χ0) is 13.2. The summed E-state index contributed by atoms with van der Waals surface area (Å²) in [5.74, 6) is -1.32. The summed E-state index contributed by atoms with van der Waals surface area (Å²) in [6, 6.07) is -0.452. The highest BCUT2D eigenvalue weighted by Crippen LogP contribution is 2.15. The van der Waals surface area contributed by atoms with Crippen molar-refractivity contribution in [3.8, 4) is 0 Å². The van der Waals surface area contributed by atoms with Gasteiger partial charge in [0.05, 0.1) is 0 Å². The van der Waals surface area contributed by atoms with Crippen LogP contribution in [-0.4, -0.2) is 65.0 Å². The fraction of sp³-hybridized carbons (Fsp3) is 0.700. The number of carboxylic acid groups (broad SMARTS) is 1. The van der Waals surface area contributed by atoms with Crippen molar-refractivity contribution < 1.29 is 19.5 Å². The monoisotopic (exact) mass is 243 g/mol. The molecule has 1 aliphatic rings. The van der Waals surface area contributed by atoms with E-state index in [2.05, 4.69) is 5.32 Å². The van der Waals surface area contributed by atoms with E-state index in [9.17, 15) is 14.4 Å². The van der Waals surface area contributed by atoms with Crippen molar-refractivity contribution in [2.45, 2.75) is 19.4 Å². The summed E-state index contributed by atoms with van der Waals surface area (Å²) in [5.41, 5.74) is -1.30. The molecular formula is C10H17N3O4. The van der Waals surface area contributed by atoms with Gasteiger partial charge in [0.2, 0.25) is 5.91 Å². The molecular weight excluding hydrogens is 226 g/mol. The van der Waals surface area contributed by atoms with Crippen LogP contribution in [-0.2, 0) is 9.59 Å². The highest BCUT2D eigenvalue weighted by molar-refractivity contribution is 5.88. The van der Waals surface area contributed by atoms with Crippen molar-refractivity contribution in [1.29, 1.82) is 0 Å². The Morgan fingerprint density at radius 3 is 2.53 bits per heavy atom. The number of likely N-dealkylation sites (N-methyl/N-ethyl adjacent to an activating group) is 1. The molecule has 96 valence electrons. The molecule has 1 rings (SSSR count). The third-order valence-electron chi connectivity index (χ3n) is 2.96. The summed E-state index contributed by atoms with van der Waals surface area (Å²) < 4.78 is 0. The molecule has 0 spiro atoms. The summed E-state index contributed by atoms with van der Waals surface area (Å²) >= 11 is 0. The van der Waals surface area contributed by atoms with E-state index in [0.717, 1.165) is 4.90 Å². The second-order valence-corrected chi connectivity index (χ2v) is 4.48. The van der Waals surface area contributed by atoms with E-state index in [1.54, 1.807) is 0 Å². The van der Waals surface area contributed by atoms with Crippen LogP contribution in [0.2, 0.25) is 0 Å². The Labute approximate surface area is 99.4 Å². The third-order valence-corrected chi connectivity index (χ3v) is 2.96. The first-order chi connectivity index (χ1) is 7.76. The van der Waals surface area contributed by atoms with Crippen molar-refractivity contribution >= 4 is 17.9 Å². The van der Waals surface area contributed by atoms with E-state index in [1.807, 2.05) is 0 Å². The molecule has 0 aromatic carbocycles. The van der Waals surface area contributed by atoms with Crippen molar-refractivity contribution in [3.63, 3.8) is 0 Å². The van der Waals surface area contributed by atoms with E-state index in [1.165, 1.54) is 25.8 Å². The predicted molar refractivity (Wildman–Crippen MR) is 59.5 cm³/mol. The number of carbonyl (C=O) groups is 3. The minimum atomic E-state index is -1.30. The van der Waals surface area contributed by atoms with Gasteiger partial charge >= 0.3 is 12.0 Å². The summed E-state index contributed by atoms with van der Waals surface area (Å²) in [4.78, 5) is 36.6. The van der Waals surface area contributed by atoms with Crippen LogP contribution in [0.15, 0.2) is 0 Å². The summed E-state index contributed by atoms with van der Waals surface area (Å²) in [5, 5.41) is 11.6. The molecule has 1 aliphatic heterocycles. The normalized spacial score (nSPS) is 16.4. The molecule has 17 heavy (non-hydrogen) atoms. The van der Waals surface area contributed by atoms with Crippen LogP contribution < -0.4 is 5.32 Å². The first kappa shape index (κ1) is 13.3. The van der Waals surface area contributed by atoms with Crippen molar-refractivity contribution in [3.05, 3.63) is 0 Å². The zero-order valence-corrected chi connectivity index (χ0v) is 10.2. The quantitative estimate of drug-likeness (QED) is 0.673. The average molecular weight is 243 g/mol. The molecule has 3 amide bonds. The standard InChI is InChI=1S/C10H17N3O4/c1-10(2,8(15)16)12(3)9(17)13-5-4-11-7(14)6-13/h4-6H2,1-3H3,(H,11,14)(H,15,16). The molecule has 0 radical (unpaired) electrons. The van der Waals surface area contributed by atoms with E-state index in [4.69, 9.17) is 5.11 Å². The maximum atomic E-state index is 12.0. The number of amides is 3. The summed E-state index contributed by atoms with van der Waals surface area (Å²) in [7, 11) is 1.42. The smallest absolute Gasteiger partial charge is 0.329 e. The van der Waals surface area contributed by atoms with Gasteiger partial charge in [0.25, 0.3) is 0 Å². The number of aliphatic carboxylic acids is 1. The second-order valence-electron chi connectivity index (χ2n) is 4.48. The van der Waals surface area contributed by atoms with Crippen molar-refractivity contribution in [2.75, 3.05) is 26.7 Å². The molecule has 0 saturated carbocycles. The number of hydrogen-bond acceptors (Lipinski definition) is 3. The van der Waals surface area contributed by atoms with E-state index in [0.29, 0.717) is 13.1 Å². The van der Waals surface area contributed by atoms with Crippen molar-refractivity contribution in [1.82, 2.24) is 15.1 Å². The Kier molecular flexibility index (Phi) is 3.59. The Bertz CT molecular complexity index is 353. The van der Waals surface area contributed by atoms with Gasteiger partial charge in [0.1, 0.15) is 12.1 Å². The van der Waals surface area contributed by atoms with Crippen LogP contribution in [0.1, 0.15) is 13.8 Å². The highest BCUT2D eigenvalue weighted by atomic mass is 16.4. The van der Waals surface area contributed by atoms with Crippen LogP contribution in [0, 0.1) is 0 Å². The maximum absolute atomic E-state index is 12.0. The maximum Gasteiger partial charge on any atom is 0.329 e. The fourth-order valence-electron chi connectivity index (χ4n) is 1.40. The summed E-state index contributed by atoms with van der Waals surface area (Å²) in [6.07, 6.45) is 0. The third kappa shape index (κ3) is 2.66. The van der Waals surface area contributed by atoms with Crippen LogP contribution in [0.25, 0.3) is 0 Å². The van der Waals surface area contributed by atoms with Gasteiger partial charge in [-0.1, -0.05) is 0 Å². The first-order valence-corrected chi connectivity index (χ1v) is 5.29. The van der Waals surface area contributed by atoms with Crippen LogP contribution in [0.3, 0.4) is 0 Å². The molecule has 1 heterocycles. The number of nitrogens with zero attached hydrogens (tertiary/aromatic N) is 2. The molecule has 2 N–H and O–H groups in total. The number of nitrogens with one attached hydrogen (secondary N) is 1. The van der Waals surface area contributed by atoms with Crippen LogP contribution in [0.5, 0.6) is 0 Å². The molecule has 0 aromatic rings. The molecule has 0 bridgehead atoms. The van der Waals surface area contributed by atoms with Crippen LogP contribution >= 0.6 is 0 Å². The van der Waals surface area contributed by atoms with Gasteiger partial charge in [-0.05, 0) is 13.8 Å². The molecule has 1 saturated heterocycles. The molecule has 1 fully saturated rings. The number of rotatable bonds is 2. The van der Waals surface area contributed by atoms with Gasteiger partial charge in [-0.15, -0.1) is 0 Å².